The van der Waals surface area contributed by atoms with E-state index in [9.17, 15) is 14.0 Å². The van der Waals surface area contributed by atoms with Crippen LogP contribution >= 0.6 is 12.4 Å². The van der Waals surface area contributed by atoms with Gasteiger partial charge in [-0.3, -0.25) is 9.59 Å². The normalized spacial score (nSPS) is 19.9. The van der Waals surface area contributed by atoms with Crippen molar-refractivity contribution in [2.24, 2.45) is 5.73 Å². The summed E-state index contributed by atoms with van der Waals surface area (Å²) in [6.45, 7) is 0.416. The first-order chi connectivity index (χ1) is 11.0. The molecule has 7 heteroatoms. The molecule has 1 saturated carbocycles. The summed E-state index contributed by atoms with van der Waals surface area (Å²) in [7, 11) is 0. The van der Waals surface area contributed by atoms with Crippen LogP contribution in [0.15, 0.2) is 24.3 Å². The zero-order valence-corrected chi connectivity index (χ0v) is 14.4. The molecule has 1 aromatic rings. The molecule has 0 spiro atoms. The van der Waals surface area contributed by atoms with Crippen molar-refractivity contribution in [1.29, 1.82) is 0 Å². The SMILES string of the molecule is Cl.NC1CCC(NC(=O)CCCNC(=O)c2ccc(F)cc2)CC1. The maximum Gasteiger partial charge on any atom is 0.251 e. The van der Waals surface area contributed by atoms with Crippen molar-refractivity contribution in [3.8, 4) is 0 Å². The molecule has 0 aromatic heterocycles. The van der Waals surface area contributed by atoms with Crippen molar-refractivity contribution >= 4 is 24.2 Å². The van der Waals surface area contributed by atoms with Gasteiger partial charge >= 0.3 is 0 Å². The lowest BCUT2D eigenvalue weighted by Crippen LogP contribution is -2.40. The van der Waals surface area contributed by atoms with Gasteiger partial charge in [-0.15, -0.1) is 12.4 Å². The summed E-state index contributed by atoms with van der Waals surface area (Å²) in [6.07, 6.45) is 4.75. The highest BCUT2D eigenvalue weighted by Gasteiger charge is 2.19. The first-order valence-corrected chi connectivity index (χ1v) is 8.13. The van der Waals surface area contributed by atoms with Crippen LogP contribution in [0, 0.1) is 5.82 Å². The minimum atomic E-state index is -0.373. The molecule has 1 aromatic carbocycles. The van der Waals surface area contributed by atoms with Gasteiger partial charge in [0, 0.05) is 30.6 Å². The molecule has 0 heterocycles. The van der Waals surface area contributed by atoms with Crippen LogP contribution in [0.2, 0.25) is 0 Å². The van der Waals surface area contributed by atoms with Crippen LogP contribution < -0.4 is 16.4 Å². The van der Waals surface area contributed by atoms with Gasteiger partial charge in [-0.2, -0.15) is 0 Å². The van der Waals surface area contributed by atoms with Gasteiger partial charge in [0.2, 0.25) is 5.91 Å². The summed E-state index contributed by atoms with van der Waals surface area (Å²) < 4.78 is 12.8. The molecule has 5 nitrogen and oxygen atoms in total. The van der Waals surface area contributed by atoms with Gasteiger partial charge in [-0.1, -0.05) is 0 Å². The van der Waals surface area contributed by atoms with Crippen molar-refractivity contribution < 1.29 is 14.0 Å². The molecule has 1 aliphatic carbocycles. The van der Waals surface area contributed by atoms with Gasteiger partial charge in [0.1, 0.15) is 5.82 Å². The summed E-state index contributed by atoms with van der Waals surface area (Å²) in [6, 6.07) is 5.87. The van der Waals surface area contributed by atoms with E-state index in [2.05, 4.69) is 10.6 Å². The third-order valence-corrected chi connectivity index (χ3v) is 4.11. The number of hydrogen-bond acceptors (Lipinski definition) is 3. The number of nitrogens with two attached hydrogens (primary N) is 1. The Balaban J connectivity index is 0.00000288. The molecule has 0 radical (unpaired) electrons. The van der Waals surface area contributed by atoms with E-state index in [1.165, 1.54) is 24.3 Å². The minimum Gasteiger partial charge on any atom is -0.353 e. The third kappa shape index (κ3) is 6.84. The highest BCUT2D eigenvalue weighted by molar-refractivity contribution is 5.94. The van der Waals surface area contributed by atoms with E-state index in [0.717, 1.165) is 25.7 Å². The second-order valence-electron chi connectivity index (χ2n) is 6.05. The Bertz CT molecular complexity index is 531. The van der Waals surface area contributed by atoms with Gasteiger partial charge in [-0.05, 0) is 56.4 Å². The number of rotatable bonds is 6. The fourth-order valence-electron chi connectivity index (χ4n) is 2.72. The van der Waals surface area contributed by atoms with Crippen molar-refractivity contribution in [1.82, 2.24) is 10.6 Å². The number of carbonyl (C=O) groups is 2. The van der Waals surface area contributed by atoms with Gasteiger partial charge in [0.25, 0.3) is 5.91 Å². The predicted octanol–water partition coefficient (Wildman–Crippen LogP) is 2.14. The van der Waals surface area contributed by atoms with E-state index < -0.39 is 0 Å². The molecule has 4 N–H and O–H groups in total. The maximum atomic E-state index is 12.8. The third-order valence-electron chi connectivity index (χ3n) is 4.11. The summed E-state index contributed by atoms with van der Waals surface area (Å²) in [5.41, 5.74) is 6.25. The van der Waals surface area contributed by atoms with Crippen LogP contribution in [0.3, 0.4) is 0 Å². The van der Waals surface area contributed by atoms with E-state index in [4.69, 9.17) is 5.73 Å². The quantitative estimate of drug-likeness (QED) is 0.682. The molecule has 0 aliphatic heterocycles. The predicted molar refractivity (Wildman–Crippen MR) is 93.6 cm³/mol. The molecule has 0 bridgehead atoms. The number of amides is 2. The summed E-state index contributed by atoms with van der Waals surface area (Å²) >= 11 is 0. The number of halogens is 2. The Morgan fingerprint density at radius 1 is 1.12 bits per heavy atom. The average molecular weight is 358 g/mol. The van der Waals surface area contributed by atoms with Gasteiger partial charge in [-0.25, -0.2) is 4.39 Å². The van der Waals surface area contributed by atoms with Crippen molar-refractivity contribution in [2.45, 2.75) is 50.6 Å². The molecule has 0 unspecified atom stereocenters. The van der Waals surface area contributed by atoms with Crippen LogP contribution in [0.25, 0.3) is 0 Å². The molecular formula is C17H25ClFN3O2. The molecule has 1 aliphatic rings. The van der Waals surface area contributed by atoms with E-state index in [-0.39, 0.29) is 42.1 Å². The van der Waals surface area contributed by atoms with Crippen LogP contribution in [-0.4, -0.2) is 30.4 Å². The fourth-order valence-corrected chi connectivity index (χ4v) is 2.72. The molecule has 1 fully saturated rings. The lowest BCUT2D eigenvalue weighted by Gasteiger charge is -2.26. The highest BCUT2D eigenvalue weighted by Crippen LogP contribution is 2.16. The number of benzene rings is 1. The zero-order valence-electron chi connectivity index (χ0n) is 13.6. The Morgan fingerprint density at radius 2 is 1.75 bits per heavy atom. The summed E-state index contributed by atoms with van der Waals surface area (Å²) in [4.78, 5) is 23.7. The van der Waals surface area contributed by atoms with E-state index in [1.54, 1.807) is 0 Å². The molecule has 24 heavy (non-hydrogen) atoms. The molecule has 2 amide bonds. The van der Waals surface area contributed by atoms with Crippen LogP contribution in [-0.2, 0) is 4.79 Å². The molecule has 0 atom stereocenters. The van der Waals surface area contributed by atoms with Crippen molar-refractivity contribution in [2.75, 3.05) is 6.54 Å². The maximum absolute atomic E-state index is 12.8. The number of hydrogen-bond donors (Lipinski definition) is 3. The topological polar surface area (TPSA) is 84.2 Å². The van der Waals surface area contributed by atoms with Gasteiger partial charge in [0.15, 0.2) is 0 Å². The van der Waals surface area contributed by atoms with Crippen LogP contribution in [0.1, 0.15) is 48.9 Å². The Kier molecular flexibility index (Phi) is 8.71. The average Bonchev–Trinajstić information content (AvgIpc) is 2.54. The zero-order chi connectivity index (χ0) is 16.7. The lowest BCUT2D eigenvalue weighted by atomic mass is 9.92. The van der Waals surface area contributed by atoms with E-state index in [0.29, 0.717) is 24.9 Å². The molecule has 0 saturated heterocycles. The van der Waals surface area contributed by atoms with Gasteiger partial charge < -0.3 is 16.4 Å². The van der Waals surface area contributed by atoms with E-state index >= 15 is 0 Å². The Labute approximate surface area is 148 Å². The number of carbonyl (C=O) groups excluding carboxylic acids is 2. The first-order valence-electron chi connectivity index (χ1n) is 8.13. The molecule has 134 valence electrons. The van der Waals surface area contributed by atoms with Gasteiger partial charge in [0.05, 0.1) is 0 Å². The molecular weight excluding hydrogens is 333 g/mol. The van der Waals surface area contributed by atoms with Crippen LogP contribution in [0.5, 0.6) is 0 Å². The summed E-state index contributed by atoms with van der Waals surface area (Å²) in [5.74, 6) is -0.616. The highest BCUT2D eigenvalue weighted by atomic mass is 35.5. The Morgan fingerprint density at radius 3 is 2.38 bits per heavy atom. The number of nitrogens with one attached hydrogen (secondary N) is 2. The van der Waals surface area contributed by atoms with Crippen molar-refractivity contribution in [3.63, 3.8) is 0 Å². The smallest absolute Gasteiger partial charge is 0.251 e. The second-order valence-corrected chi connectivity index (χ2v) is 6.05. The molecule has 2 rings (SSSR count). The summed E-state index contributed by atoms with van der Waals surface area (Å²) in [5, 5.41) is 5.74. The van der Waals surface area contributed by atoms with Crippen LogP contribution in [0.4, 0.5) is 4.39 Å². The van der Waals surface area contributed by atoms with E-state index in [1.807, 2.05) is 0 Å². The largest absolute Gasteiger partial charge is 0.353 e. The fraction of sp³-hybridized carbons (Fsp3) is 0.529. The van der Waals surface area contributed by atoms with Crippen molar-refractivity contribution in [3.05, 3.63) is 35.6 Å². The minimum absolute atomic E-state index is 0. The lowest BCUT2D eigenvalue weighted by molar-refractivity contribution is -0.122. The standard InChI is InChI=1S/C17H24FN3O2.ClH/c18-13-5-3-12(4-6-13)17(23)20-11-1-2-16(22)21-15-9-7-14(19)8-10-15;/h3-6,14-15H,1-2,7-11,19H2,(H,20,23)(H,21,22);1H. The Hall–Kier alpha value is -1.66. The second kappa shape index (κ2) is 10.3. The first kappa shape index (κ1) is 20.4. The monoisotopic (exact) mass is 357 g/mol.